The van der Waals surface area contributed by atoms with E-state index < -0.39 is 6.97 Å². The topological polar surface area (TPSA) is 74.2 Å². The lowest BCUT2D eigenvalue weighted by molar-refractivity contribution is -0.363. The smallest absolute Gasteiger partial charge is 0.507 e. The number of thiazole rings is 2. The summed E-state index contributed by atoms with van der Waals surface area (Å²) in [4.78, 5) is 9.43. The molecular formula is C49H33BF2N4O2S2. The van der Waals surface area contributed by atoms with E-state index >= 15 is 8.63 Å². The molecule has 2 aliphatic heterocycles. The van der Waals surface area contributed by atoms with E-state index in [1.807, 2.05) is 92.7 Å². The number of allylic oxidation sites excluding steroid dienone is 2. The predicted molar refractivity (Wildman–Crippen MR) is 240 cm³/mol. The Bertz CT molecular complexity index is 3320. The van der Waals surface area contributed by atoms with Crippen molar-refractivity contribution in [3.8, 4) is 56.3 Å². The van der Waals surface area contributed by atoms with Gasteiger partial charge in [0.15, 0.2) is 5.70 Å². The van der Waals surface area contributed by atoms with Gasteiger partial charge >= 0.3 is 6.97 Å². The van der Waals surface area contributed by atoms with E-state index in [1.54, 1.807) is 50.2 Å². The van der Waals surface area contributed by atoms with Gasteiger partial charge in [-0.2, -0.15) is 0 Å². The second kappa shape index (κ2) is 14.1. The SMILES string of the molecule is CC1=C(C#Cc2ccc(O)c(-c3nc4ccccc4s3)c2)C(C)=[N+]2C1=C(c1ccccc1)c1c(C)c(C#Cc3ccc(O)c(-c4nc5ccccc5s4)c3)c(C)n1[B-]2(F)F. The average Bonchev–Trinajstić information content (AvgIpc) is 4.00. The van der Waals surface area contributed by atoms with E-state index in [1.165, 1.54) is 31.6 Å². The van der Waals surface area contributed by atoms with Crippen molar-refractivity contribution in [2.45, 2.75) is 27.7 Å². The summed E-state index contributed by atoms with van der Waals surface area (Å²) in [6, 6.07) is 35.4. The molecule has 5 aromatic carbocycles. The van der Waals surface area contributed by atoms with Crippen LogP contribution >= 0.6 is 22.7 Å². The molecule has 11 heteroatoms. The van der Waals surface area contributed by atoms with Crippen molar-refractivity contribution in [3.05, 3.63) is 171 Å². The van der Waals surface area contributed by atoms with Crippen LogP contribution in [0.2, 0.25) is 0 Å². The minimum absolute atomic E-state index is 0.0877. The number of fused-ring (bicyclic) bond motifs is 4. The Balaban J connectivity index is 1.09. The first kappa shape index (κ1) is 37.2. The number of aromatic hydroxyl groups is 2. The lowest BCUT2D eigenvalue weighted by Crippen LogP contribution is -2.51. The largest absolute Gasteiger partial charge is 0.737 e. The maximum Gasteiger partial charge on any atom is 0.737 e. The van der Waals surface area contributed by atoms with E-state index in [0.717, 1.165) is 26.0 Å². The third-order valence-corrected chi connectivity index (χ3v) is 13.4. The van der Waals surface area contributed by atoms with E-state index in [2.05, 4.69) is 23.7 Å². The number of rotatable bonds is 3. The van der Waals surface area contributed by atoms with Gasteiger partial charge in [-0.3, -0.25) is 0 Å². The van der Waals surface area contributed by atoms with Crippen LogP contribution in [0.3, 0.4) is 0 Å². The standard InChI is InChI=1S/C49H33BF2N4O2S2/c1-28-35(22-18-32-20-24-41(57)37(26-32)48-53-39-14-8-10-16-43(39)59-48)30(3)55-46(28)45(34-12-6-5-7-13-34)47-29(2)36(31(4)56(47)50(55,51)52)23-19-33-21-25-42(58)38(27-33)49-54-40-15-9-11-17-44(40)60-49/h5-17,20-21,24-27,57-58H,1-4H3. The average molecular weight is 823 g/mol. The molecule has 2 N–H and O–H groups in total. The number of phenolic OH excluding ortho intramolecular Hbond substituents is 2. The number of halogens is 2. The Morgan fingerprint density at radius 2 is 1.18 bits per heavy atom. The van der Waals surface area contributed by atoms with Gasteiger partial charge in [0.05, 0.1) is 42.7 Å². The van der Waals surface area contributed by atoms with Crippen LogP contribution in [-0.2, 0) is 0 Å². The van der Waals surface area contributed by atoms with Gasteiger partial charge in [-0.1, -0.05) is 78.3 Å². The molecule has 0 unspecified atom stereocenters. The molecule has 8 aromatic rings. The van der Waals surface area contributed by atoms with Gasteiger partial charge in [0.1, 0.15) is 27.2 Å². The lowest BCUT2D eigenvalue weighted by Gasteiger charge is -2.33. The van der Waals surface area contributed by atoms with Crippen molar-refractivity contribution in [2.75, 3.05) is 0 Å². The van der Waals surface area contributed by atoms with Crippen LogP contribution in [0, 0.1) is 37.5 Å². The summed E-state index contributed by atoms with van der Waals surface area (Å²) in [5, 5.41) is 23.0. The number of hydrogen-bond acceptors (Lipinski definition) is 6. The highest BCUT2D eigenvalue weighted by molar-refractivity contribution is 7.22. The zero-order valence-corrected chi connectivity index (χ0v) is 34.4. The Kier molecular flexibility index (Phi) is 8.73. The zero-order valence-electron chi connectivity index (χ0n) is 32.8. The first-order valence-corrected chi connectivity index (χ1v) is 20.9. The van der Waals surface area contributed by atoms with Crippen LogP contribution in [0.25, 0.3) is 47.1 Å². The molecule has 10 rings (SSSR count). The maximum atomic E-state index is 17.5. The van der Waals surface area contributed by atoms with E-state index in [9.17, 15) is 10.2 Å². The zero-order chi connectivity index (χ0) is 41.4. The summed E-state index contributed by atoms with van der Waals surface area (Å²) in [5.41, 5.74) is 9.40. The van der Waals surface area contributed by atoms with Crippen molar-refractivity contribution < 1.29 is 23.3 Å². The van der Waals surface area contributed by atoms with E-state index in [4.69, 9.17) is 9.97 Å². The van der Waals surface area contributed by atoms with Crippen LogP contribution in [0.1, 0.15) is 53.1 Å². The van der Waals surface area contributed by atoms with Crippen molar-refractivity contribution in [1.29, 1.82) is 0 Å². The maximum absolute atomic E-state index is 17.5. The number of benzene rings is 5. The molecule has 0 saturated carbocycles. The molecule has 6 nitrogen and oxygen atoms in total. The molecule has 0 fully saturated rings. The Morgan fingerprint density at radius 1 is 0.650 bits per heavy atom. The van der Waals surface area contributed by atoms with Gasteiger partial charge < -0.3 is 27.8 Å². The van der Waals surface area contributed by atoms with Crippen LogP contribution < -0.4 is 0 Å². The van der Waals surface area contributed by atoms with Gasteiger partial charge in [-0.25, -0.2) is 9.97 Å². The first-order chi connectivity index (χ1) is 29.0. The van der Waals surface area contributed by atoms with Crippen LogP contribution in [0.4, 0.5) is 8.63 Å². The summed E-state index contributed by atoms with van der Waals surface area (Å²) in [7, 11) is 0. The first-order valence-electron chi connectivity index (χ1n) is 19.3. The number of aromatic nitrogens is 3. The fourth-order valence-corrected chi connectivity index (χ4v) is 10.4. The Morgan fingerprint density at radius 3 is 1.75 bits per heavy atom. The molecule has 0 radical (unpaired) electrons. The molecule has 0 spiro atoms. The molecule has 0 saturated heterocycles. The van der Waals surface area contributed by atoms with Crippen LogP contribution in [-0.4, -0.2) is 41.8 Å². The number of hydrogen-bond donors (Lipinski definition) is 2. The second-order valence-corrected chi connectivity index (χ2v) is 16.9. The minimum atomic E-state index is -4.40. The molecule has 290 valence electrons. The summed E-state index contributed by atoms with van der Waals surface area (Å²) >= 11 is 2.96. The van der Waals surface area contributed by atoms with E-state index in [0.29, 0.717) is 82.9 Å². The van der Waals surface area contributed by atoms with Crippen LogP contribution in [0.15, 0.2) is 132 Å². The third kappa shape index (κ3) is 5.89. The van der Waals surface area contributed by atoms with E-state index in [-0.39, 0.29) is 11.5 Å². The summed E-state index contributed by atoms with van der Waals surface area (Å²) < 4.78 is 39.3. The number of phenols is 2. The number of nitrogens with zero attached hydrogens (tertiary/aromatic N) is 4. The molecule has 5 heterocycles. The molecule has 0 atom stereocenters. The monoisotopic (exact) mass is 822 g/mol. The lowest BCUT2D eigenvalue weighted by atomic mass is 9.84. The summed E-state index contributed by atoms with van der Waals surface area (Å²) in [6.07, 6.45) is 0. The third-order valence-electron chi connectivity index (χ3n) is 11.3. The molecule has 60 heavy (non-hydrogen) atoms. The van der Waals surface area contributed by atoms with Crippen molar-refractivity contribution in [3.63, 3.8) is 0 Å². The minimum Gasteiger partial charge on any atom is -0.507 e. The van der Waals surface area contributed by atoms with Crippen molar-refractivity contribution in [1.82, 2.24) is 14.4 Å². The quantitative estimate of drug-likeness (QED) is 0.137. The highest BCUT2D eigenvalue weighted by Crippen LogP contribution is 2.47. The van der Waals surface area contributed by atoms with Gasteiger partial charge in [0.2, 0.25) is 0 Å². The van der Waals surface area contributed by atoms with Gasteiger partial charge in [-0.15, -0.1) is 22.7 Å². The predicted octanol–water partition coefficient (Wildman–Crippen LogP) is 11.3. The normalized spacial score (nSPS) is 14.3. The highest BCUT2D eigenvalue weighted by atomic mass is 32.1. The second-order valence-electron chi connectivity index (χ2n) is 14.9. The highest BCUT2D eigenvalue weighted by Gasteiger charge is 2.57. The van der Waals surface area contributed by atoms with Crippen molar-refractivity contribution >= 4 is 61.4 Å². The Hall–Kier alpha value is -7.05. The molecule has 0 aliphatic carbocycles. The number of para-hydroxylation sites is 2. The van der Waals surface area contributed by atoms with Gasteiger partial charge in [0, 0.05) is 40.6 Å². The molecule has 0 amide bonds. The van der Waals surface area contributed by atoms with Crippen molar-refractivity contribution in [2.24, 2.45) is 0 Å². The molecule has 3 aromatic heterocycles. The van der Waals surface area contributed by atoms with Gasteiger partial charge in [-0.05, 0) is 92.6 Å². The molecule has 0 bridgehead atoms. The Labute approximate surface area is 352 Å². The summed E-state index contributed by atoms with van der Waals surface area (Å²) in [6.45, 7) is 2.72. The van der Waals surface area contributed by atoms with Crippen LogP contribution in [0.5, 0.6) is 11.5 Å². The fourth-order valence-electron chi connectivity index (χ4n) is 8.40. The summed E-state index contributed by atoms with van der Waals surface area (Å²) in [5.74, 6) is 13.1. The fraction of sp³-hybridized carbons (Fsp3) is 0.0816. The molecular weight excluding hydrogens is 790 g/mol. The molecule has 2 aliphatic rings. The van der Waals surface area contributed by atoms with Gasteiger partial charge in [0.25, 0.3) is 0 Å².